The molecule has 3 saturated heterocycles. The Labute approximate surface area is 40.8 Å². The SMILES string of the molecule is O=C1CC2CN1O2. The third-order valence-corrected chi connectivity index (χ3v) is 1.33. The van der Waals surface area contributed by atoms with Gasteiger partial charge in [0, 0.05) is 0 Å². The molecule has 0 aromatic rings. The lowest BCUT2D eigenvalue weighted by Crippen LogP contribution is -2.38. The van der Waals surface area contributed by atoms with Crippen LogP contribution in [0, 0.1) is 0 Å². The first kappa shape index (κ1) is 3.43. The Balaban J connectivity index is 2.27. The number of hydrogen-bond donors (Lipinski definition) is 0. The molecule has 3 aliphatic heterocycles. The zero-order valence-electron chi connectivity index (χ0n) is 3.76. The molecule has 2 bridgehead atoms. The highest BCUT2D eigenvalue weighted by Gasteiger charge is 2.42. The van der Waals surface area contributed by atoms with Gasteiger partial charge < -0.3 is 0 Å². The summed E-state index contributed by atoms with van der Waals surface area (Å²) >= 11 is 0. The molecule has 0 aliphatic carbocycles. The zero-order chi connectivity index (χ0) is 4.85. The Morgan fingerprint density at radius 1 is 1.86 bits per heavy atom. The van der Waals surface area contributed by atoms with E-state index < -0.39 is 0 Å². The molecule has 0 spiro atoms. The van der Waals surface area contributed by atoms with Crippen LogP contribution in [0.2, 0.25) is 0 Å². The second kappa shape index (κ2) is 0.816. The van der Waals surface area contributed by atoms with Crippen LogP contribution in [0.25, 0.3) is 0 Å². The molecule has 3 heterocycles. The predicted octanol–water partition coefficient (Wildman–Crippen LogP) is -0.468. The van der Waals surface area contributed by atoms with Gasteiger partial charge in [-0.25, -0.2) is 5.06 Å². The van der Waals surface area contributed by atoms with Crippen molar-refractivity contribution in [3.63, 3.8) is 0 Å². The molecule has 38 valence electrons. The van der Waals surface area contributed by atoms with Gasteiger partial charge in [-0.2, -0.15) is 0 Å². The molecule has 3 heteroatoms. The minimum absolute atomic E-state index is 0.144. The van der Waals surface area contributed by atoms with E-state index in [-0.39, 0.29) is 12.0 Å². The maximum atomic E-state index is 10.4. The van der Waals surface area contributed by atoms with Gasteiger partial charge in [0.1, 0.15) is 6.10 Å². The van der Waals surface area contributed by atoms with Crippen molar-refractivity contribution in [2.75, 3.05) is 6.54 Å². The molecule has 0 N–H and O–H groups in total. The van der Waals surface area contributed by atoms with Crippen LogP contribution in [0.4, 0.5) is 0 Å². The van der Waals surface area contributed by atoms with E-state index in [1.165, 1.54) is 5.06 Å². The number of hydroxylamine groups is 2. The standard InChI is InChI=1S/C4H5NO2/c6-4-1-3-2-5(4)7-3/h3H,1-2H2. The van der Waals surface area contributed by atoms with Gasteiger partial charge >= 0.3 is 0 Å². The number of nitrogens with zero attached hydrogens (tertiary/aromatic N) is 1. The summed E-state index contributed by atoms with van der Waals surface area (Å²) in [6, 6.07) is 0. The van der Waals surface area contributed by atoms with Crippen LogP contribution in [-0.4, -0.2) is 23.6 Å². The molecule has 7 heavy (non-hydrogen) atoms. The molecular weight excluding hydrogens is 94.0 g/mol. The number of carbonyl (C=O) groups excluding carboxylic acids is 1. The van der Waals surface area contributed by atoms with Crippen LogP contribution in [0.15, 0.2) is 0 Å². The summed E-state index contributed by atoms with van der Waals surface area (Å²) in [5.74, 6) is 0.144. The largest absolute Gasteiger partial charge is 0.272 e. The van der Waals surface area contributed by atoms with Crippen molar-refractivity contribution < 1.29 is 9.63 Å². The Hall–Kier alpha value is -0.570. The number of rotatable bonds is 0. The molecular formula is C4H5NO2. The van der Waals surface area contributed by atoms with Crippen molar-refractivity contribution in [2.45, 2.75) is 12.5 Å². The Kier molecular flexibility index (Phi) is 0.400. The van der Waals surface area contributed by atoms with Crippen LogP contribution in [0.3, 0.4) is 0 Å². The van der Waals surface area contributed by atoms with E-state index in [9.17, 15) is 4.79 Å². The molecule has 0 saturated carbocycles. The van der Waals surface area contributed by atoms with Crippen molar-refractivity contribution in [3.05, 3.63) is 0 Å². The first-order valence-electron chi connectivity index (χ1n) is 2.33. The van der Waals surface area contributed by atoms with Gasteiger partial charge in [0.2, 0.25) is 5.91 Å². The van der Waals surface area contributed by atoms with Crippen molar-refractivity contribution in [1.82, 2.24) is 5.06 Å². The van der Waals surface area contributed by atoms with Gasteiger partial charge in [0.05, 0.1) is 13.0 Å². The molecule has 3 fully saturated rings. The van der Waals surface area contributed by atoms with Crippen LogP contribution in [0.1, 0.15) is 6.42 Å². The van der Waals surface area contributed by atoms with Crippen molar-refractivity contribution in [1.29, 1.82) is 0 Å². The number of carbonyl (C=O) groups is 1. The monoisotopic (exact) mass is 99.0 g/mol. The van der Waals surface area contributed by atoms with Gasteiger partial charge in [-0.3, -0.25) is 9.63 Å². The Morgan fingerprint density at radius 3 is 2.71 bits per heavy atom. The minimum atomic E-state index is 0.144. The summed E-state index contributed by atoms with van der Waals surface area (Å²) in [7, 11) is 0. The van der Waals surface area contributed by atoms with E-state index in [0.717, 1.165) is 6.54 Å². The predicted molar refractivity (Wildman–Crippen MR) is 21.2 cm³/mol. The molecule has 1 unspecified atom stereocenters. The zero-order valence-corrected chi connectivity index (χ0v) is 3.76. The smallest absolute Gasteiger partial charge is 0.249 e. The first-order valence-corrected chi connectivity index (χ1v) is 2.33. The van der Waals surface area contributed by atoms with Crippen LogP contribution < -0.4 is 0 Å². The third-order valence-electron chi connectivity index (χ3n) is 1.33. The highest BCUT2D eigenvalue weighted by Crippen LogP contribution is 2.25. The van der Waals surface area contributed by atoms with E-state index in [2.05, 4.69) is 0 Å². The van der Waals surface area contributed by atoms with Crippen LogP contribution in [-0.2, 0) is 9.63 Å². The molecule has 3 aliphatic rings. The summed E-state index contributed by atoms with van der Waals surface area (Å²) in [6.45, 7) is 0.832. The second-order valence-corrected chi connectivity index (χ2v) is 1.89. The average Bonchev–Trinajstić information content (AvgIpc) is 1.85. The van der Waals surface area contributed by atoms with Crippen LogP contribution >= 0.6 is 0 Å². The number of fused-ring (bicyclic) bond motifs is 1. The van der Waals surface area contributed by atoms with E-state index in [4.69, 9.17) is 4.84 Å². The van der Waals surface area contributed by atoms with Gasteiger partial charge in [0.15, 0.2) is 0 Å². The Morgan fingerprint density at radius 2 is 2.57 bits per heavy atom. The molecule has 0 aromatic heterocycles. The lowest BCUT2D eigenvalue weighted by atomic mass is 10.3. The molecule has 3 nitrogen and oxygen atoms in total. The molecule has 3 rings (SSSR count). The van der Waals surface area contributed by atoms with Crippen molar-refractivity contribution in [3.8, 4) is 0 Å². The second-order valence-electron chi connectivity index (χ2n) is 1.89. The summed E-state index contributed by atoms with van der Waals surface area (Å²) in [5.41, 5.74) is 0. The van der Waals surface area contributed by atoms with Crippen LogP contribution in [0.5, 0.6) is 0 Å². The van der Waals surface area contributed by atoms with Gasteiger partial charge in [-0.1, -0.05) is 0 Å². The van der Waals surface area contributed by atoms with Gasteiger partial charge in [-0.05, 0) is 0 Å². The topological polar surface area (TPSA) is 29.5 Å². The fraction of sp³-hybridized carbons (Fsp3) is 0.750. The maximum Gasteiger partial charge on any atom is 0.249 e. The number of amides is 1. The first-order chi connectivity index (χ1) is 3.36. The molecule has 1 atom stereocenters. The van der Waals surface area contributed by atoms with E-state index in [0.29, 0.717) is 6.42 Å². The summed E-state index contributed by atoms with van der Waals surface area (Å²) < 4.78 is 0. The molecule has 0 radical (unpaired) electrons. The molecule has 0 aromatic carbocycles. The fourth-order valence-corrected chi connectivity index (χ4v) is 0.915. The number of hydrogen-bond acceptors (Lipinski definition) is 2. The van der Waals surface area contributed by atoms with E-state index in [1.54, 1.807) is 0 Å². The molecule has 1 amide bonds. The van der Waals surface area contributed by atoms with E-state index >= 15 is 0 Å². The normalized spacial score (nSPS) is 36.3. The Bertz CT molecular complexity index is 117. The lowest BCUT2D eigenvalue weighted by molar-refractivity contribution is -0.237. The summed E-state index contributed by atoms with van der Waals surface area (Å²) in [4.78, 5) is 15.3. The highest BCUT2D eigenvalue weighted by atomic mass is 16.7. The van der Waals surface area contributed by atoms with E-state index in [1.807, 2.05) is 0 Å². The maximum absolute atomic E-state index is 10.4. The van der Waals surface area contributed by atoms with Crippen molar-refractivity contribution in [2.24, 2.45) is 0 Å². The van der Waals surface area contributed by atoms with Gasteiger partial charge in [-0.15, -0.1) is 0 Å². The van der Waals surface area contributed by atoms with Crippen molar-refractivity contribution >= 4 is 5.91 Å². The quantitative estimate of drug-likeness (QED) is 0.411. The fourth-order valence-electron chi connectivity index (χ4n) is 0.915. The lowest BCUT2D eigenvalue weighted by Gasteiger charge is -2.25. The summed E-state index contributed by atoms with van der Waals surface area (Å²) in [5, 5.41) is 1.41. The minimum Gasteiger partial charge on any atom is -0.272 e. The van der Waals surface area contributed by atoms with Gasteiger partial charge in [0.25, 0.3) is 0 Å². The third kappa shape index (κ3) is 0.268. The summed E-state index contributed by atoms with van der Waals surface area (Å²) in [6.07, 6.45) is 0.854. The average molecular weight is 99.1 g/mol. The highest BCUT2D eigenvalue weighted by molar-refractivity contribution is 5.79.